The predicted molar refractivity (Wildman–Crippen MR) is 114 cm³/mol. The average Bonchev–Trinajstić information content (AvgIpc) is 2.76. The third-order valence-corrected chi connectivity index (χ3v) is 3.94. The average molecular weight is 408 g/mol. The van der Waals surface area contributed by atoms with Crippen molar-refractivity contribution in [3.63, 3.8) is 0 Å². The number of methoxy groups -OCH3 is 1. The van der Waals surface area contributed by atoms with Crippen molar-refractivity contribution in [2.75, 3.05) is 37.4 Å². The number of hydrogen-bond acceptors (Lipinski definition) is 8. The van der Waals surface area contributed by atoms with E-state index in [-0.39, 0.29) is 12.5 Å². The Hall–Kier alpha value is -3.88. The van der Waals surface area contributed by atoms with Crippen LogP contribution in [0.5, 0.6) is 11.5 Å². The Labute approximate surface area is 174 Å². The highest BCUT2D eigenvalue weighted by atomic mass is 16.5. The second-order valence-corrected chi connectivity index (χ2v) is 6.27. The zero-order valence-corrected chi connectivity index (χ0v) is 16.9. The van der Waals surface area contributed by atoms with Gasteiger partial charge in [0.25, 0.3) is 5.91 Å². The van der Waals surface area contributed by atoms with E-state index in [1.807, 2.05) is 25.1 Å². The molecule has 3 N–H and O–H groups in total. The molecule has 9 heteroatoms. The van der Waals surface area contributed by atoms with Gasteiger partial charge in [-0.1, -0.05) is 6.07 Å². The maximum atomic E-state index is 11.9. The lowest BCUT2D eigenvalue weighted by Crippen LogP contribution is -2.32. The van der Waals surface area contributed by atoms with E-state index in [2.05, 4.69) is 30.9 Å². The Morgan fingerprint density at radius 1 is 0.967 bits per heavy atom. The van der Waals surface area contributed by atoms with E-state index in [0.717, 1.165) is 5.75 Å². The Morgan fingerprint density at radius 3 is 2.47 bits per heavy atom. The topological polar surface area (TPSA) is 110 Å². The molecule has 0 aliphatic rings. The lowest BCUT2D eigenvalue weighted by molar-refractivity contribution is -0.123. The Balaban J connectivity index is 1.40. The third kappa shape index (κ3) is 6.62. The molecule has 0 saturated heterocycles. The van der Waals surface area contributed by atoms with Gasteiger partial charge in [0.15, 0.2) is 6.61 Å². The second-order valence-electron chi connectivity index (χ2n) is 6.27. The first-order valence-electron chi connectivity index (χ1n) is 9.43. The number of hydrogen-bond donors (Lipinski definition) is 3. The van der Waals surface area contributed by atoms with Gasteiger partial charge in [0.2, 0.25) is 0 Å². The zero-order valence-electron chi connectivity index (χ0n) is 16.9. The lowest BCUT2D eigenvalue weighted by Gasteiger charge is -2.11. The van der Waals surface area contributed by atoms with Gasteiger partial charge in [-0.3, -0.25) is 4.79 Å². The first-order valence-corrected chi connectivity index (χ1v) is 9.43. The van der Waals surface area contributed by atoms with Gasteiger partial charge in [0.1, 0.15) is 34.8 Å². The minimum atomic E-state index is -0.205. The van der Waals surface area contributed by atoms with Crippen LogP contribution in [0.4, 0.5) is 17.5 Å². The number of carbonyl (C=O) groups is 1. The van der Waals surface area contributed by atoms with Crippen LogP contribution in [0.2, 0.25) is 0 Å². The van der Waals surface area contributed by atoms with Crippen molar-refractivity contribution in [2.24, 2.45) is 0 Å². The number of nitrogens with one attached hydrogen (secondary N) is 3. The fourth-order valence-electron chi connectivity index (χ4n) is 2.55. The summed E-state index contributed by atoms with van der Waals surface area (Å²) in [7, 11) is 1.60. The first kappa shape index (κ1) is 20.8. The van der Waals surface area contributed by atoms with E-state index >= 15 is 0 Å². The number of amides is 1. The first-order chi connectivity index (χ1) is 14.6. The minimum Gasteiger partial charge on any atom is -0.497 e. The van der Waals surface area contributed by atoms with Crippen LogP contribution in [0.15, 0.2) is 54.7 Å². The van der Waals surface area contributed by atoms with Crippen molar-refractivity contribution >= 4 is 23.4 Å². The smallest absolute Gasteiger partial charge is 0.258 e. The molecule has 3 rings (SSSR count). The molecule has 2 heterocycles. The van der Waals surface area contributed by atoms with Gasteiger partial charge in [-0.2, -0.15) is 0 Å². The fraction of sp³-hybridized carbons (Fsp3) is 0.238. The fourth-order valence-corrected chi connectivity index (χ4v) is 2.55. The van der Waals surface area contributed by atoms with Crippen LogP contribution < -0.4 is 25.4 Å². The molecule has 0 bridgehead atoms. The molecule has 9 nitrogen and oxygen atoms in total. The van der Waals surface area contributed by atoms with Gasteiger partial charge >= 0.3 is 0 Å². The van der Waals surface area contributed by atoms with Crippen molar-refractivity contribution in [3.8, 4) is 11.5 Å². The quantitative estimate of drug-likeness (QED) is 0.439. The highest BCUT2D eigenvalue weighted by molar-refractivity contribution is 5.77. The molecule has 0 saturated carbocycles. The zero-order chi connectivity index (χ0) is 21.2. The molecule has 30 heavy (non-hydrogen) atoms. The molecular formula is C21H24N6O3. The summed E-state index contributed by atoms with van der Waals surface area (Å²) in [5, 5.41) is 9.10. The summed E-state index contributed by atoms with van der Waals surface area (Å²) in [5.74, 6) is 3.75. The molecule has 0 atom stereocenters. The molecular weight excluding hydrogens is 384 g/mol. The van der Waals surface area contributed by atoms with Crippen molar-refractivity contribution in [1.29, 1.82) is 0 Å². The molecule has 0 fully saturated rings. The van der Waals surface area contributed by atoms with Gasteiger partial charge in [-0.25, -0.2) is 15.0 Å². The van der Waals surface area contributed by atoms with Gasteiger partial charge in [-0.15, -0.1) is 0 Å². The summed E-state index contributed by atoms with van der Waals surface area (Å²) in [5.41, 5.74) is 0. The van der Waals surface area contributed by atoms with Crippen molar-refractivity contribution < 1.29 is 14.3 Å². The molecule has 0 aliphatic carbocycles. The van der Waals surface area contributed by atoms with Crippen LogP contribution in [0, 0.1) is 6.92 Å². The maximum Gasteiger partial charge on any atom is 0.258 e. The monoisotopic (exact) mass is 408 g/mol. The van der Waals surface area contributed by atoms with Crippen molar-refractivity contribution in [1.82, 2.24) is 20.3 Å². The summed E-state index contributed by atoms with van der Waals surface area (Å²) in [4.78, 5) is 24.9. The summed E-state index contributed by atoms with van der Waals surface area (Å²) in [6.45, 7) is 2.69. The number of benzene rings is 1. The Bertz CT molecular complexity index is 951. The van der Waals surface area contributed by atoms with E-state index in [1.54, 1.807) is 43.6 Å². The van der Waals surface area contributed by atoms with Crippen LogP contribution in [0.3, 0.4) is 0 Å². The van der Waals surface area contributed by atoms with Crippen LogP contribution in [0.25, 0.3) is 0 Å². The molecule has 0 spiro atoms. The van der Waals surface area contributed by atoms with Crippen LogP contribution in [-0.2, 0) is 4.79 Å². The van der Waals surface area contributed by atoms with Gasteiger partial charge in [-0.05, 0) is 43.3 Å². The largest absolute Gasteiger partial charge is 0.497 e. The van der Waals surface area contributed by atoms with E-state index in [1.165, 1.54) is 0 Å². The van der Waals surface area contributed by atoms with Gasteiger partial charge in [0, 0.05) is 25.4 Å². The predicted octanol–water partition coefficient (Wildman–Crippen LogP) is 2.54. The van der Waals surface area contributed by atoms with Gasteiger partial charge < -0.3 is 25.4 Å². The van der Waals surface area contributed by atoms with E-state index in [0.29, 0.717) is 42.1 Å². The number of anilines is 3. The van der Waals surface area contributed by atoms with Crippen LogP contribution in [0.1, 0.15) is 5.82 Å². The Kier molecular flexibility index (Phi) is 7.37. The maximum absolute atomic E-state index is 11.9. The van der Waals surface area contributed by atoms with Gasteiger partial charge in [0.05, 0.1) is 7.11 Å². The lowest BCUT2D eigenvalue weighted by atomic mass is 10.3. The number of nitrogens with zero attached hydrogens (tertiary/aromatic N) is 3. The number of pyridine rings is 1. The number of carbonyl (C=O) groups excluding carboxylic acids is 1. The Morgan fingerprint density at radius 2 is 1.73 bits per heavy atom. The molecule has 156 valence electrons. The molecule has 1 amide bonds. The van der Waals surface area contributed by atoms with Crippen LogP contribution in [-0.4, -0.2) is 47.7 Å². The molecule has 3 aromatic rings. The minimum absolute atomic E-state index is 0.0584. The highest BCUT2D eigenvalue weighted by Gasteiger charge is 2.05. The van der Waals surface area contributed by atoms with Crippen LogP contribution >= 0.6 is 0 Å². The molecule has 0 radical (unpaired) electrons. The molecule has 0 unspecified atom stereocenters. The number of ether oxygens (including phenoxy) is 2. The normalized spacial score (nSPS) is 10.2. The van der Waals surface area contributed by atoms with Crippen molar-refractivity contribution in [2.45, 2.75) is 6.92 Å². The summed E-state index contributed by atoms with van der Waals surface area (Å²) in [6, 6.07) is 14.4. The number of aromatic nitrogens is 3. The van der Waals surface area contributed by atoms with Crippen molar-refractivity contribution in [3.05, 3.63) is 60.6 Å². The molecule has 1 aromatic carbocycles. The number of aryl methyl sites for hydroxylation is 1. The van der Waals surface area contributed by atoms with E-state index in [4.69, 9.17) is 9.47 Å². The SMILES string of the molecule is COc1ccc(OCC(=O)NCCNc2cc(Nc3ccccn3)nc(C)n2)cc1. The second kappa shape index (κ2) is 10.6. The summed E-state index contributed by atoms with van der Waals surface area (Å²) >= 11 is 0. The molecule has 0 aliphatic heterocycles. The highest BCUT2D eigenvalue weighted by Crippen LogP contribution is 2.17. The third-order valence-electron chi connectivity index (χ3n) is 3.94. The number of rotatable bonds is 10. The molecule has 2 aromatic heterocycles. The summed E-state index contributed by atoms with van der Waals surface area (Å²) < 4.78 is 10.5. The van der Waals surface area contributed by atoms with E-state index < -0.39 is 0 Å². The standard InChI is InChI=1S/C21H24N6O3/c1-15-25-19(13-20(26-15)27-18-5-3-4-10-22-18)23-11-12-24-21(28)14-30-17-8-6-16(29-2)7-9-17/h3-10,13H,11-12,14H2,1-2H3,(H,24,28)(H2,22,23,25,26,27). The summed E-state index contributed by atoms with van der Waals surface area (Å²) in [6.07, 6.45) is 1.70. The van der Waals surface area contributed by atoms with E-state index in [9.17, 15) is 4.79 Å².